The highest BCUT2D eigenvalue weighted by molar-refractivity contribution is 5.08. The SMILES string of the molecule is CCCNC(c1nccn1CC)C1(CC)CCCC1. The summed E-state index contributed by atoms with van der Waals surface area (Å²) in [5.41, 5.74) is 0.424. The smallest absolute Gasteiger partial charge is 0.126 e. The van der Waals surface area contributed by atoms with Crippen LogP contribution in [0.25, 0.3) is 0 Å². The Labute approximate surface area is 117 Å². The lowest BCUT2D eigenvalue weighted by Crippen LogP contribution is -2.38. The average molecular weight is 263 g/mol. The molecule has 0 aromatic carbocycles. The van der Waals surface area contributed by atoms with Crippen LogP contribution in [0.1, 0.15) is 71.2 Å². The standard InChI is InChI=1S/C16H29N3/c1-4-11-17-14(15-18-12-13-19(15)6-3)16(5-2)9-7-8-10-16/h12-14,17H,4-11H2,1-3H3. The Kier molecular flexibility index (Phi) is 5.03. The van der Waals surface area contributed by atoms with Gasteiger partial charge < -0.3 is 9.88 Å². The number of hydrogen-bond donors (Lipinski definition) is 1. The molecule has 3 heteroatoms. The molecule has 0 amide bonds. The van der Waals surface area contributed by atoms with E-state index < -0.39 is 0 Å². The first-order valence-electron chi connectivity index (χ1n) is 8.01. The van der Waals surface area contributed by atoms with Crippen molar-refractivity contribution in [3.8, 4) is 0 Å². The van der Waals surface area contributed by atoms with Gasteiger partial charge in [0.15, 0.2) is 0 Å². The van der Waals surface area contributed by atoms with Gasteiger partial charge in [-0.15, -0.1) is 0 Å². The first-order chi connectivity index (χ1) is 9.27. The van der Waals surface area contributed by atoms with E-state index in [0.717, 1.165) is 13.1 Å². The fourth-order valence-electron chi connectivity index (χ4n) is 3.64. The molecule has 1 aliphatic rings. The predicted octanol–water partition coefficient (Wildman–Crippen LogP) is 3.91. The molecule has 1 saturated carbocycles. The van der Waals surface area contributed by atoms with Crippen LogP contribution >= 0.6 is 0 Å². The van der Waals surface area contributed by atoms with E-state index in [9.17, 15) is 0 Å². The Bertz CT molecular complexity index is 377. The number of nitrogens with zero attached hydrogens (tertiary/aromatic N) is 2. The van der Waals surface area contributed by atoms with Crippen molar-refractivity contribution in [3.05, 3.63) is 18.2 Å². The minimum Gasteiger partial charge on any atom is -0.334 e. The molecule has 2 rings (SSSR count). The van der Waals surface area contributed by atoms with Crippen LogP contribution in [-0.4, -0.2) is 16.1 Å². The highest BCUT2D eigenvalue weighted by Gasteiger charge is 2.42. The van der Waals surface area contributed by atoms with E-state index in [1.54, 1.807) is 0 Å². The molecule has 0 aliphatic heterocycles. The topological polar surface area (TPSA) is 29.9 Å². The summed E-state index contributed by atoms with van der Waals surface area (Å²) in [4.78, 5) is 4.68. The van der Waals surface area contributed by atoms with Crippen molar-refractivity contribution in [2.75, 3.05) is 6.54 Å². The lowest BCUT2D eigenvalue weighted by Gasteiger charge is -2.37. The van der Waals surface area contributed by atoms with E-state index in [1.807, 2.05) is 6.20 Å². The van der Waals surface area contributed by atoms with Crippen molar-refractivity contribution >= 4 is 0 Å². The van der Waals surface area contributed by atoms with E-state index in [-0.39, 0.29) is 0 Å². The quantitative estimate of drug-likeness (QED) is 0.808. The molecular formula is C16H29N3. The Morgan fingerprint density at radius 1 is 1.32 bits per heavy atom. The van der Waals surface area contributed by atoms with E-state index >= 15 is 0 Å². The fourth-order valence-corrected chi connectivity index (χ4v) is 3.64. The molecule has 1 aromatic heterocycles. The fraction of sp³-hybridized carbons (Fsp3) is 0.812. The van der Waals surface area contributed by atoms with Crippen molar-refractivity contribution in [2.24, 2.45) is 5.41 Å². The summed E-state index contributed by atoms with van der Waals surface area (Å²) in [7, 11) is 0. The first kappa shape index (κ1) is 14.6. The van der Waals surface area contributed by atoms with Crippen LogP contribution in [0.15, 0.2) is 12.4 Å². The third-order valence-electron chi connectivity index (χ3n) is 4.86. The number of rotatable bonds is 7. The Hall–Kier alpha value is -0.830. The van der Waals surface area contributed by atoms with Crippen LogP contribution < -0.4 is 5.32 Å². The maximum atomic E-state index is 4.68. The van der Waals surface area contributed by atoms with Crippen LogP contribution in [0.2, 0.25) is 0 Å². The normalized spacial score (nSPS) is 19.7. The van der Waals surface area contributed by atoms with Crippen molar-refractivity contribution in [2.45, 2.75) is 71.9 Å². The molecule has 0 radical (unpaired) electrons. The van der Waals surface area contributed by atoms with Crippen LogP contribution in [0.5, 0.6) is 0 Å². The highest BCUT2D eigenvalue weighted by Crippen LogP contribution is 2.49. The number of aromatic nitrogens is 2. The molecule has 1 unspecified atom stereocenters. The molecule has 1 aromatic rings. The van der Waals surface area contributed by atoms with Crippen molar-refractivity contribution in [3.63, 3.8) is 0 Å². The summed E-state index contributed by atoms with van der Waals surface area (Å²) >= 11 is 0. The zero-order valence-corrected chi connectivity index (χ0v) is 12.8. The molecule has 19 heavy (non-hydrogen) atoms. The van der Waals surface area contributed by atoms with Gasteiger partial charge in [0.05, 0.1) is 6.04 Å². The van der Waals surface area contributed by atoms with E-state index in [4.69, 9.17) is 0 Å². The van der Waals surface area contributed by atoms with Gasteiger partial charge in [-0.2, -0.15) is 0 Å². The average Bonchev–Trinajstić information content (AvgIpc) is 3.08. The number of nitrogens with one attached hydrogen (secondary N) is 1. The van der Waals surface area contributed by atoms with E-state index in [1.165, 1.54) is 44.3 Å². The maximum absolute atomic E-state index is 4.68. The van der Waals surface area contributed by atoms with Crippen LogP contribution in [-0.2, 0) is 6.54 Å². The van der Waals surface area contributed by atoms with Gasteiger partial charge in [0.25, 0.3) is 0 Å². The van der Waals surface area contributed by atoms with Gasteiger partial charge in [0, 0.05) is 18.9 Å². The third kappa shape index (κ3) is 2.86. The van der Waals surface area contributed by atoms with Gasteiger partial charge in [0.1, 0.15) is 5.82 Å². The Morgan fingerprint density at radius 3 is 2.63 bits per heavy atom. The number of aryl methyl sites for hydroxylation is 1. The molecule has 0 spiro atoms. The van der Waals surface area contributed by atoms with Crippen LogP contribution in [0, 0.1) is 5.41 Å². The summed E-state index contributed by atoms with van der Waals surface area (Å²) in [6.07, 6.45) is 12.0. The minimum atomic E-state index is 0.424. The lowest BCUT2D eigenvalue weighted by molar-refractivity contribution is 0.176. The second kappa shape index (κ2) is 6.56. The van der Waals surface area contributed by atoms with Gasteiger partial charge in [-0.1, -0.05) is 26.7 Å². The summed E-state index contributed by atoms with van der Waals surface area (Å²) in [6.45, 7) is 8.90. The number of imidazole rings is 1. The summed E-state index contributed by atoms with van der Waals surface area (Å²) in [5, 5.41) is 3.80. The van der Waals surface area contributed by atoms with Crippen molar-refractivity contribution in [1.82, 2.24) is 14.9 Å². The Morgan fingerprint density at radius 2 is 2.05 bits per heavy atom. The summed E-state index contributed by atoms with van der Waals surface area (Å²) in [6, 6.07) is 0.426. The summed E-state index contributed by atoms with van der Waals surface area (Å²) in [5.74, 6) is 1.25. The molecule has 1 atom stereocenters. The maximum Gasteiger partial charge on any atom is 0.126 e. The van der Waals surface area contributed by atoms with Crippen molar-refractivity contribution < 1.29 is 0 Å². The molecule has 1 N–H and O–H groups in total. The van der Waals surface area contributed by atoms with Gasteiger partial charge in [-0.3, -0.25) is 0 Å². The van der Waals surface area contributed by atoms with Crippen molar-refractivity contribution in [1.29, 1.82) is 0 Å². The molecule has 1 aliphatic carbocycles. The monoisotopic (exact) mass is 263 g/mol. The zero-order chi connectivity index (χ0) is 13.7. The predicted molar refractivity (Wildman–Crippen MR) is 80.1 cm³/mol. The molecule has 108 valence electrons. The van der Waals surface area contributed by atoms with Crippen LogP contribution in [0.3, 0.4) is 0 Å². The number of hydrogen-bond acceptors (Lipinski definition) is 2. The largest absolute Gasteiger partial charge is 0.334 e. The molecule has 3 nitrogen and oxygen atoms in total. The van der Waals surface area contributed by atoms with Gasteiger partial charge >= 0.3 is 0 Å². The molecule has 1 fully saturated rings. The van der Waals surface area contributed by atoms with Crippen LogP contribution in [0.4, 0.5) is 0 Å². The third-order valence-corrected chi connectivity index (χ3v) is 4.86. The second-order valence-corrected chi connectivity index (χ2v) is 5.88. The highest BCUT2D eigenvalue weighted by atomic mass is 15.1. The molecule has 0 bridgehead atoms. The zero-order valence-electron chi connectivity index (χ0n) is 12.8. The first-order valence-corrected chi connectivity index (χ1v) is 8.01. The Balaban J connectivity index is 2.29. The molecule has 1 heterocycles. The molecular weight excluding hydrogens is 234 g/mol. The summed E-state index contributed by atoms with van der Waals surface area (Å²) < 4.78 is 2.31. The van der Waals surface area contributed by atoms with E-state index in [0.29, 0.717) is 11.5 Å². The lowest BCUT2D eigenvalue weighted by atomic mass is 9.75. The second-order valence-electron chi connectivity index (χ2n) is 5.88. The van der Waals surface area contributed by atoms with Gasteiger partial charge in [-0.25, -0.2) is 4.98 Å². The minimum absolute atomic E-state index is 0.424. The van der Waals surface area contributed by atoms with Gasteiger partial charge in [-0.05, 0) is 44.6 Å². The molecule has 0 saturated heterocycles. The van der Waals surface area contributed by atoms with E-state index in [2.05, 4.69) is 41.8 Å². The van der Waals surface area contributed by atoms with Gasteiger partial charge in [0.2, 0.25) is 0 Å².